The van der Waals surface area contributed by atoms with Crippen molar-refractivity contribution in [2.24, 2.45) is 5.41 Å². The summed E-state index contributed by atoms with van der Waals surface area (Å²) in [4.78, 5) is 0. The molecule has 1 aliphatic carbocycles. The Morgan fingerprint density at radius 1 is 1.33 bits per heavy atom. The summed E-state index contributed by atoms with van der Waals surface area (Å²) in [6.45, 7) is 7.84. The smallest absolute Gasteiger partial charge is 0.0615 e. The fourth-order valence-corrected chi connectivity index (χ4v) is 2.38. The van der Waals surface area contributed by atoms with E-state index >= 15 is 0 Å². The molecule has 1 fully saturated rings. The van der Waals surface area contributed by atoms with Crippen molar-refractivity contribution in [1.82, 2.24) is 5.32 Å². The first-order valence-corrected chi connectivity index (χ1v) is 6.32. The van der Waals surface area contributed by atoms with Gasteiger partial charge in [-0.1, -0.05) is 20.8 Å². The maximum absolute atomic E-state index is 5.21. The number of methoxy groups -OCH3 is 1. The minimum Gasteiger partial charge on any atom is -0.383 e. The molecule has 0 aromatic carbocycles. The van der Waals surface area contributed by atoms with E-state index in [0.29, 0.717) is 11.5 Å². The number of nitrogens with one attached hydrogen (secondary N) is 1. The summed E-state index contributed by atoms with van der Waals surface area (Å²) in [5.41, 5.74) is 0.571. The van der Waals surface area contributed by atoms with E-state index in [9.17, 15) is 0 Å². The molecular weight excluding hydrogens is 186 g/mol. The van der Waals surface area contributed by atoms with Crippen LogP contribution in [0.4, 0.5) is 0 Å². The van der Waals surface area contributed by atoms with Gasteiger partial charge in [0.2, 0.25) is 0 Å². The molecule has 1 rings (SSSR count). The lowest BCUT2D eigenvalue weighted by Crippen LogP contribution is -2.43. The van der Waals surface area contributed by atoms with E-state index in [-0.39, 0.29) is 0 Å². The molecule has 0 aromatic heterocycles. The van der Waals surface area contributed by atoms with Gasteiger partial charge in [-0.05, 0) is 37.5 Å². The first-order valence-electron chi connectivity index (χ1n) is 6.32. The fourth-order valence-electron chi connectivity index (χ4n) is 2.38. The second-order valence-corrected chi connectivity index (χ2v) is 5.67. The van der Waals surface area contributed by atoms with Crippen LogP contribution in [0.3, 0.4) is 0 Å². The van der Waals surface area contributed by atoms with E-state index in [2.05, 4.69) is 26.1 Å². The molecule has 15 heavy (non-hydrogen) atoms. The lowest BCUT2D eigenvalue weighted by Gasteiger charge is -2.36. The van der Waals surface area contributed by atoms with Crippen LogP contribution in [0.2, 0.25) is 0 Å². The zero-order valence-electron chi connectivity index (χ0n) is 10.8. The molecule has 0 aromatic rings. The number of hydrogen-bond donors (Lipinski definition) is 1. The fraction of sp³-hybridized carbons (Fsp3) is 1.00. The number of hydrogen-bond acceptors (Lipinski definition) is 2. The molecule has 2 heteroatoms. The highest BCUT2D eigenvalue weighted by atomic mass is 16.5. The quantitative estimate of drug-likeness (QED) is 0.758. The van der Waals surface area contributed by atoms with Gasteiger partial charge >= 0.3 is 0 Å². The summed E-state index contributed by atoms with van der Waals surface area (Å²) in [6, 6.07) is 1.26. The van der Waals surface area contributed by atoms with Gasteiger partial charge in [-0.15, -0.1) is 0 Å². The van der Waals surface area contributed by atoms with Crippen molar-refractivity contribution in [3.63, 3.8) is 0 Å². The van der Waals surface area contributed by atoms with Crippen LogP contribution in [0.15, 0.2) is 0 Å². The standard InChI is InChI=1S/C13H27NO/c1-5-11(10-15-4)14-12-6-8-13(2,3)9-7-12/h11-12,14H,5-10H2,1-4H3. The normalized spacial score (nSPS) is 24.0. The van der Waals surface area contributed by atoms with Gasteiger partial charge in [0, 0.05) is 19.2 Å². The Kier molecular flexibility index (Phi) is 5.07. The Balaban J connectivity index is 2.28. The Morgan fingerprint density at radius 2 is 1.93 bits per heavy atom. The Hall–Kier alpha value is -0.0800. The maximum Gasteiger partial charge on any atom is 0.0615 e. The first-order chi connectivity index (χ1) is 7.07. The third kappa shape index (κ3) is 4.52. The molecule has 0 saturated heterocycles. The van der Waals surface area contributed by atoms with E-state index in [1.807, 2.05) is 0 Å². The molecule has 1 unspecified atom stereocenters. The molecule has 90 valence electrons. The average Bonchev–Trinajstić information content (AvgIpc) is 2.20. The van der Waals surface area contributed by atoms with Crippen molar-refractivity contribution >= 4 is 0 Å². The molecule has 1 saturated carbocycles. The van der Waals surface area contributed by atoms with Gasteiger partial charge in [0.25, 0.3) is 0 Å². The topological polar surface area (TPSA) is 21.3 Å². The zero-order valence-corrected chi connectivity index (χ0v) is 10.8. The van der Waals surface area contributed by atoms with Crippen LogP contribution in [-0.2, 0) is 4.74 Å². The average molecular weight is 213 g/mol. The van der Waals surface area contributed by atoms with Gasteiger partial charge in [-0.3, -0.25) is 0 Å². The van der Waals surface area contributed by atoms with Crippen LogP contribution in [-0.4, -0.2) is 25.8 Å². The lowest BCUT2D eigenvalue weighted by atomic mass is 9.75. The monoisotopic (exact) mass is 213 g/mol. The molecule has 0 aliphatic heterocycles. The Morgan fingerprint density at radius 3 is 2.40 bits per heavy atom. The summed E-state index contributed by atoms with van der Waals surface area (Å²) in [7, 11) is 1.79. The minimum absolute atomic E-state index is 0.543. The van der Waals surface area contributed by atoms with Crippen molar-refractivity contribution in [3.05, 3.63) is 0 Å². The minimum atomic E-state index is 0.543. The summed E-state index contributed by atoms with van der Waals surface area (Å²) < 4.78 is 5.21. The van der Waals surface area contributed by atoms with Gasteiger partial charge in [0.1, 0.15) is 0 Å². The highest BCUT2D eigenvalue weighted by Crippen LogP contribution is 2.35. The van der Waals surface area contributed by atoms with Crippen molar-refractivity contribution < 1.29 is 4.74 Å². The van der Waals surface area contributed by atoms with E-state index in [0.717, 1.165) is 19.1 Å². The third-order valence-electron chi connectivity index (χ3n) is 3.67. The summed E-state index contributed by atoms with van der Waals surface area (Å²) >= 11 is 0. The van der Waals surface area contributed by atoms with Gasteiger partial charge in [-0.25, -0.2) is 0 Å². The van der Waals surface area contributed by atoms with Crippen LogP contribution in [0.1, 0.15) is 52.9 Å². The number of ether oxygens (including phenoxy) is 1. The van der Waals surface area contributed by atoms with E-state index in [1.165, 1.54) is 25.7 Å². The predicted molar refractivity (Wildman–Crippen MR) is 65.1 cm³/mol. The van der Waals surface area contributed by atoms with Gasteiger partial charge in [-0.2, -0.15) is 0 Å². The van der Waals surface area contributed by atoms with E-state index < -0.39 is 0 Å². The van der Waals surface area contributed by atoms with Gasteiger partial charge in [0.05, 0.1) is 6.61 Å². The Labute approximate surface area is 94.8 Å². The largest absolute Gasteiger partial charge is 0.383 e. The second kappa shape index (κ2) is 5.86. The molecule has 0 spiro atoms. The SMILES string of the molecule is CCC(COC)NC1CCC(C)(C)CC1. The molecule has 0 amide bonds. The van der Waals surface area contributed by atoms with Crippen LogP contribution in [0.25, 0.3) is 0 Å². The van der Waals surface area contributed by atoms with E-state index in [1.54, 1.807) is 7.11 Å². The molecule has 1 N–H and O–H groups in total. The molecular formula is C13H27NO. The molecule has 2 nitrogen and oxygen atoms in total. The van der Waals surface area contributed by atoms with Crippen molar-refractivity contribution in [1.29, 1.82) is 0 Å². The summed E-state index contributed by atoms with van der Waals surface area (Å²) in [6.07, 6.45) is 6.52. The molecule has 1 atom stereocenters. The highest BCUT2D eigenvalue weighted by Gasteiger charge is 2.27. The van der Waals surface area contributed by atoms with Crippen molar-refractivity contribution in [3.8, 4) is 0 Å². The predicted octanol–water partition coefficient (Wildman–Crippen LogP) is 2.97. The highest BCUT2D eigenvalue weighted by molar-refractivity contribution is 4.83. The summed E-state index contributed by atoms with van der Waals surface area (Å²) in [5, 5.41) is 3.72. The van der Waals surface area contributed by atoms with E-state index in [4.69, 9.17) is 4.74 Å². The molecule has 1 aliphatic rings. The molecule has 0 radical (unpaired) electrons. The first kappa shape index (κ1) is 13.0. The third-order valence-corrected chi connectivity index (χ3v) is 3.67. The van der Waals surface area contributed by atoms with Crippen LogP contribution in [0.5, 0.6) is 0 Å². The van der Waals surface area contributed by atoms with Crippen LogP contribution in [0, 0.1) is 5.41 Å². The second-order valence-electron chi connectivity index (χ2n) is 5.67. The van der Waals surface area contributed by atoms with Crippen LogP contribution < -0.4 is 5.32 Å². The van der Waals surface area contributed by atoms with Crippen molar-refractivity contribution in [2.75, 3.05) is 13.7 Å². The zero-order chi connectivity index (χ0) is 11.3. The molecule has 0 heterocycles. The van der Waals surface area contributed by atoms with Crippen molar-refractivity contribution in [2.45, 2.75) is 65.0 Å². The summed E-state index contributed by atoms with van der Waals surface area (Å²) in [5.74, 6) is 0. The van der Waals surface area contributed by atoms with Crippen LogP contribution >= 0.6 is 0 Å². The Bertz CT molecular complexity index is 169. The van der Waals surface area contributed by atoms with Gasteiger partial charge < -0.3 is 10.1 Å². The number of rotatable bonds is 5. The maximum atomic E-state index is 5.21. The molecule has 0 bridgehead atoms. The lowest BCUT2D eigenvalue weighted by molar-refractivity contribution is 0.140. The van der Waals surface area contributed by atoms with Gasteiger partial charge in [0.15, 0.2) is 0 Å².